The number of likely N-dealkylation sites (tertiary alicyclic amines) is 1. The molecule has 1 amide bonds. The Morgan fingerprint density at radius 2 is 2.21 bits per heavy atom. The molecular formula is C15H21ClN2O. The van der Waals surface area contributed by atoms with Crippen molar-refractivity contribution in [2.75, 3.05) is 13.1 Å². The van der Waals surface area contributed by atoms with Crippen molar-refractivity contribution in [1.82, 2.24) is 4.90 Å². The summed E-state index contributed by atoms with van der Waals surface area (Å²) in [6.45, 7) is 1.45. The van der Waals surface area contributed by atoms with Crippen molar-refractivity contribution in [3.63, 3.8) is 0 Å². The summed E-state index contributed by atoms with van der Waals surface area (Å²) >= 11 is 6.19. The van der Waals surface area contributed by atoms with Crippen molar-refractivity contribution in [3.05, 3.63) is 34.9 Å². The van der Waals surface area contributed by atoms with E-state index in [4.69, 9.17) is 17.3 Å². The van der Waals surface area contributed by atoms with Crippen LogP contribution < -0.4 is 5.73 Å². The van der Waals surface area contributed by atoms with Crippen LogP contribution in [0.1, 0.15) is 31.2 Å². The summed E-state index contributed by atoms with van der Waals surface area (Å²) < 4.78 is 0. The van der Waals surface area contributed by atoms with Crippen LogP contribution in [-0.2, 0) is 11.2 Å². The van der Waals surface area contributed by atoms with Crippen LogP contribution in [0, 0.1) is 0 Å². The van der Waals surface area contributed by atoms with E-state index in [0.717, 1.165) is 42.8 Å². The van der Waals surface area contributed by atoms with Crippen molar-refractivity contribution in [1.29, 1.82) is 0 Å². The molecule has 0 saturated carbocycles. The molecule has 1 aliphatic rings. The first-order valence-corrected chi connectivity index (χ1v) is 7.33. The summed E-state index contributed by atoms with van der Waals surface area (Å²) in [7, 11) is 0. The lowest BCUT2D eigenvalue weighted by molar-refractivity contribution is -0.132. The quantitative estimate of drug-likeness (QED) is 0.901. The third-order valence-electron chi connectivity index (χ3n) is 3.71. The van der Waals surface area contributed by atoms with Crippen LogP contribution >= 0.6 is 11.6 Å². The number of amides is 1. The minimum absolute atomic E-state index is 0.236. The highest BCUT2D eigenvalue weighted by Crippen LogP contribution is 2.25. The predicted molar refractivity (Wildman–Crippen MR) is 78.2 cm³/mol. The molecule has 1 aromatic carbocycles. The lowest BCUT2D eigenvalue weighted by atomic mass is 10.0. The van der Waals surface area contributed by atoms with Crippen LogP contribution in [0.25, 0.3) is 0 Å². The third kappa shape index (κ3) is 3.71. The van der Waals surface area contributed by atoms with Gasteiger partial charge < -0.3 is 10.6 Å². The van der Waals surface area contributed by atoms with E-state index in [9.17, 15) is 4.79 Å². The predicted octanol–water partition coefficient (Wildman–Crippen LogP) is 2.61. The van der Waals surface area contributed by atoms with Crippen molar-refractivity contribution >= 4 is 17.5 Å². The molecule has 0 unspecified atom stereocenters. The molecule has 0 aliphatic carbocycles. The molecule has 2 rings (SSSR count). The second kappa shape index (κ2) is 6.92. The summed E-state index contributed by atoms with van der Waals surface area (Å²) in [4.78, 5) is 14.1. The van der Waals surface area contributed by atoms with E-state index in [1.54, 1.807) is 0 Å². The second-order valence-corrected chi connectivity index (χ2v) is 5.48. The maximum absolute atomic E-state index is 12.1. The standard InChI is InChI=1S/C15H21ClN2O/c16-14-7-2-1-5-12(14)11-13-6-4-10-18(13)15(19)8-3-9-17/h1-2,5,7,13H,3-4,6,8-11,17H2/t13-/m0/s1. The fourth-order valence-corrected chi connectivity index (χ4v) is 2.90. The highest BCUT2D eigenvalue weighted by atomic mass is 35.5. The fraction of sp³-hybridized carbons (Fsp3) is 0.533. The van der Waals surface area contributed by atoms with E-state index in [1.807, 2.05) is 29.2 Å². The zero-order valence-corrected chi connectivity index (χ0v) is 11.9. The zero-order chi connectivity index (χ0) is 13.7. The normalized spacial score (nSPS) is 18.8. The first-order valence-electron chi connectivity index (χ1n) is 6.95. The van der Waals surface area contributed by atoms with E-state index in [-0.39, 0.29) is 5.91 Å². The Balaban J connectivity index is 1.99. The molecule has 0 radical (unpaired) electrons. The summed E-state index contributed by atoms with van der Waals surface area (Å²) in [6, 6.07) is 8.18. The number of nitrogens with zero attached hydrogens (tertiary/aromatic N) is 1. The molecule has 1 fully saturated rings. The molecule has 2 N–H and O–H groups in total. The zero-order valence-electron chi connectivity index (χ0n) is 11.1. The van der Waals surface area contributed by atoms with E-state index >= 15 is 0 Å². The van der Waals surface area contributed by atoms with Crippen LogP contribution in [-0.4, -0.2) is 29.9 Å². The number of nitrogens with two attached hydrogens (primary N) is 1. The van der Waals surface area contributed by atoms with Gasteiger partial charge in [-0.15, -0.1) is 0 Å². The molecular weight excluding hydrogens is 260 g/mol. The van der Waals surface area contributed by atoms with Crippen LogP contribution in [0.4, 0.5) is 0 Å². The summed E-state index contributed by atoms with van der Waals surface area (Å²) in [5.41, 5.74) is 6.60. The highest BCUT2D eigenvalue weighted by Gasteiger charge is 2.28. The van der Waals surface area contributed by atoms with Crippen molar-refractivity contribution in [2.45, 2.75) is 38.1 Å². The number of hydrogen-bond donors (Lipinski definition) is 1. The largest absolute Gasteiger partial charge is 0.339 e. The van der Waals surface area contributed by atoms with Gasteiger partial charge in [0.2, 0.25) is 5.91 Å². The maximum Gasteiger partial charge on any atom is 0.222 e. The van der Waals surface area contributed by atoms with Gasteiger partial charge in [-0.25, -0.2) is 0 Å². The number of hydrogen-bond acceptors (Lipinski definition) is 2. The molecule has 19 heavy (non-hydrogen) atoms. The van der Waals surface area contributed by atoms with Gasteiger partial charge in [0.05, 0.1) is 0 Å². The second-order valence-electron chi connectivity index (χ2n) is 5.07. The molecule has 1 heterocycles. The Labute approximate surface area is 119 Å². The Morgan fingerprint density at radius 3 is 2.95 bits per heavy atom. The van der Waals surface area contributed by atoms with Crippen molar-refractivity contribution in [2.24, 2.45) is 5.73 Å². The average Bonchev–Trinajstić information content (AvgIpc) is 2.87. The third-order valence-corrected chi connectivity index (χ3v) is 4.07. The summed E-state index contributed by atoms with van der Waals surface area (Å²) in [6.07, 6.45) is 4.35. The van der Waals surface area contributed by atoms with Gasteiger partial charge in [0.1, 0.15) is 0 Å². The van der Waals surface area contributed by atoms with Crippen molar-refractivity contribution in [3.8, 4) is 0 Å². The fourth-order valence-electron chi connectivity index (χ4n) is 2.69. The van der Waals surface area contributed by atoms with Gasteiger partial charge in [0.25, 0.3) is 0 Å². The monoisotopic (exact) mass is 280 g/mol. The molecule has 0 bridgehead atoms. The maximum atomic E-state index is 12.1. The van der Waals surface area contributed by atoms with Crippen LogP contribution in [0.15, 0.2) is 24.3 Å². The van der Waals surface area contributed by atoms with Gasteiger partial charge in [-0.2, -0.15) is 0 Å². The smallest absolute Gasteiger partial charge is 0.222 e. The average molecular weight is 281 g/mol. The Bertz CT molecular complexity index is 436. The Kier molecular flexibility index (Phi) is 5.23. The van der Waals surface area contributed by atoms with Crippen molar-refractivity contribution < 1.29 is 4.79 Å². The minimum Gasteiger partial charge on any atom is -0.339 e. The van der Waals surface area contributed by atoms with Crippen LogP contribution in [0.3, 0.4) is 0 Å². The molecule has 0 aromatic heterocycles. The van der Waals surface area contributed by atoms with E-state index < -0.39 is 0 Å². The molecule has 1 saturated heterocycles. The SMILES string of the molecule is NCCCC(=O)N1CCC[C@H]1Cc1ccccc1Cl. The lowest BCUT2D eigenvalue weighted by Gasteiger charge is -2.25. The van der Waals surface area contributed by atoms with Gasteiger partial charge in [-0.1, -0.05) is 29.8 Å². The minimum atomic E-state index is 0.236. The number of carbonyl (C=O) groups is 1. The van der Waals surface area contributed by atoms with Gasteiger partial charge in [-0.3, -0.25) is 4.79 Å². The number of benzene rings is 1. The molecule has 1 atom stereocenters. The van der Waals surface area contributed by atoms with Gasteiger partial charge in [-0.05, 0) is 43.9 Å². The Hall–Kier alpha value is -1.06. The topological polar surface area (TPSA) is 46.3 Å². The van der Waals surface area contributed by atoms with Gasteiger partial charge in [0.15, 0.2) is 0 Å². The number of halogens is 1. The first kappa shape index (κ1) is 14.4. The summed E-state index contributed by atoms with van der Waals surface area (Å²) in [5, 5.41) is 0.795. The number of carbonyl (C=O) groups excluding carboxylic acids is 1. The molecule has 4 heteroatoms. The van der Waals surface area contributed by atoms with Crippen LogP contribution in [0.2, 0.25) is 5.02 Å². The van der Waals surface area contributed by atoms with Crippen LogP contribution in [0.5, 0.6) is 0 Å². The lowest BCUT2D eigenvalue weighted by Crippen LogP contribution is -2.36. The Morgan fingerprint density at radius 1 is 1.42 bits per heavy atom. The highest BCUT2D eigenvalue weighted by molar-refractivity contribution is 6.31. The number of rotatable bonds is 5. The molecule has 104 valence electrons. The molecule has 3 nitrogen and oxygen atoms in total. The summed E-state index contributed by atoms with van der Waals surface area (Å²) in [5.74, 6) is 0.236. The molecule has 0 spiro atoms. The van der Waals surface area contributed by atoms with E-state index in [1.165, 1.54) is 0 Å². The molecule has 1 aliphatic heterocycles. The van der Waals surface area contributed by atoms with Gasteiger partial charge in [0, 0.05) is 24.0 Å². The molecule has 1 aromatic rings. The van der Waals surface area contributed by atoms with E-state index in [2.05, 4.69) is 0 Å². The van der Waals surface area contributed by atoms with Gasteiger partial charge >= 0.3 is 0 Å². The first-order chi connectivity index (χ1) is 9.22. The van der Waals surface area contributed by atoms with E-state index in [0.29, 0.717) is 19.0 Å².